The molecule has 0 bridgehead atoms. The molecule has 0 radical (unpaired) electrons. The van der Waals surface area contributed by atoms with Crippen molar-refractivity contribution in [2.45, 2.75) is 5.54 Å². The summed E-state index contributed by atoms with van der Waals surface area (Å²) < 4.78 is 0. The van der Waals surface area contributed by atoms with Crippen molar-refractivity contribution in [1.29, 1.82) is 0 Å². The van der Waals surface area contributed by atoms with Crippen LogP contribution in [-0.4, -0.2) is 24.3 Å². The molecule has 2 aromatic rings. The molecule has 0 unspecified atom stereocenters. The molecule has 5 rings (SSSR count). The highest BCUT2D eigenvalue weighted by Crippen LogP contribution is 2.51. The number of amides is 3. The maximum Gasteiger partial charge on any atom is 0.250 e. The number of carbonyl (C=O) groups is 3. The van der Waals surface area contributed by atoms with Gasteiger partial charge in [-0.05, 0) is 24.3 Å². The van der Waals surface area contributed by atoms with E-state index in [4.69, 9.17) is 11.6 Å². The number of halogens is 1. The third-order valence-corrected chi connectivity index (χ3v) is 5.75. The molecule has 3 heterocycles. The lowest BCUT2D eigenvalue weighted by Gasteiger charge is -2.28. The number of hydrogen-bond donors (Lipinski definition) is 2. The summed E-state index contributed by atoms with van der Waals surface area (Å²) in [7, 11) is 0. The highest BCUT2D eigenvalue weighted by atomic mass is 35.5. The maximum absolute atomic E-state index is 13.3. The molecule has 1 spiro atoms. The quantitative estimate of drug-likeness (QED) is 0.754. The molecule has 2 aromatic carbocycles. The van der Waals surface area contributed by atoms with Gasteiger partial charge < -0.3 is 5.32 Å². The van der Waals surface area contributed by atoms with E-state index in [-0.39, 0.29) is 24.3 Å². The van der Waals surface area contributed by atoms with E-state index in [9.17, 15) is 14.4 Å². The first-order valence-corrected chi connectivity index (χ1v) is 8.71. The topological polar surface area (TPSA) is 78.5 Å². The fourth-order valence-corrected chi connectivity index (χ4v) is 4.62. The molecule has 0 saturated carbocycles. The van der Waals surface area contributed by atoms with Gasteiger partial charge in [0.25, 0.3) is 0 Å². The first kappa shape index (κ1) is 15.5. The van der Waals surface area contributed by atoms with Crippen LogP contribution in [0.2, 0.25) is 5.02 Å². The Morgan fingerprint density at radius 1 is 1.04 bits per heavy atom. The summed E-state index contributed by atoms with van der Waals surface area (Å²) in [4.78, 5) is 40.3. The van der Waals surface area contributed by atoms with Crippen LogP contribution >= 0.6 is 11.6 Å². The Morgan fingerprint density at radius 2 is 1.85 bits per heavy atom. The van der Waals surface area contributed by atoms with Crippen LogP contribution in [0.15, 0.2) is 48.5 Å². The molecule has 130 valence electrons. The second-order valence-corrected chi connectivity index (χ2v) is 7.20. The fourth-order valence-electron chi connectivity index (χ4n) is 4.43. The van der Waals surface area contributed by atoms with E-state index in [0.717, 1.165) is 4.90 Å². The normalized spacial score (nSPS) is 29.3. The van der Waals surface area contributed by atoms with Crippen molar-refractivity contribution in [3.63, 3.8) is 0 Å². The lowest BCUT2D eigenvalue weighted by Crippen LogP contribution is -2.51. The first-order chi connectivity index (χ1) is 12.5. The summed E-state index contributed by atoms with van der Waals surface area (Å²) in [5, 5.41) is 6.46. The van der Waals surface area contributed by atoms with Crippen LogP contribution in [0.25, 0.3) is 0 Å². The smallest absolute Gasteiger partial charge is 0.250 e. The number of nitrogens with zero attached hydrogens (tertiary/aromatic N) is 1. The number of fused-ring (bicyclic) bond motifs is 4. The number of para-hydroxylation sites is 1. The Labute approximate surface area is 154 Å². The first-order valence-electron chi connectivity index (χ1n) is 8.33. The Kier molecular flexibility index (Phi) is 3.08. The van der Waals surface area contributed by atoms with Crippen molar-refractivity contribution < 1.29 is 14.4 Å². The zero-order valence-corrected chi connectivity index (χ0v) is 14.3. The molecule has 2 saturated heterocycles. The molecule has 3 atom stereocenters. The minimum Gasteiger partial charge on any atom is -0.324 e. The van der Waals surface area contributed by atoms with Gasteiger partial charge in [0.05, 0.1) is 17.5 Å². The van der Waals surface area contributed by atoms with E-state index in [1.165, 1.54) is 0 Å². The lowest BCUT2D eigenvalue weighted by molar-refractivity contribution is -0.130. The van der Waals surface area contributed by atoms with Crippen LogP contribution in [-0.2, 0) is 19.9 Å². The molecule has 2 fully saturated rings. The molecule has 0 aromatic heterocycles. The van der Waals surface area contributed by atoms with Crippen LogP contribution in [0.1, 0.15) is 5.56 Å². The number of hydrogen-bond acceptors (Lipinski definition) is 4. The minimum absolute atomic E-state index is 0.272. The molecular formula is C19H14ClN3O3. The molecule has 3 amide bonds. The van der Waals surface area contributed by atoms with E-state index in [0.29, 0.717) is 22.0 Å². The zero-order chi connectivity index (χ0) is 18.1. The Balaban J connectivity index is 1.64. The predicted octanol–water partition coefficient (Wildman–Crippen LogP) is 1.90. The molecule has 7 heteroatoms. The maximum atomic E-state index is 13.3. The van der Waals surface area contributed by atoms with Crippen LogP contribution in [0, 0.1) is 11.8 Å². The second-order valence-electron chi connectivity index (χ2n) is 6.76. The van der Waals surface area contributed by atoms with Gasteiger partial charge in [-0.2, -0.15) is 0 Å². The monoisotopic (exact) mass is 367 g/mol. The Bertz CT molecular complexity index is 991. The number of carbonyl (C=O) groups excluding carboxylic acids is 3. The number of benzene rings is 2. The Hall–Kier alpha value is -2.70. The predicted molar refractivity (Wildman–Crippen MR) is 95.7 cm³/mol. The van der Waals surface area contributed by atoms with Gasteiger partial charge in [-0.3, -0.25) is 19.7 Å². The molecule has 6 nitrogen and oxygen atoms in total. The summed E-state index contributed by atoms with van der Waals surface area (Å²) >= 11 is 6.02. The average molecular weight is 368 g/mol. The van der Waals surface area contributed by atoms with Crippen LogP contribution in [0.3, 0.4) is 0 Å². The zero-order valence-electron chi connectivity index (χ0n) is 13.5. The van der Waals surface area contributed by atoms with Crippen molar-refractivity contribution in [2.24, 2.45) is 11.8 Å². The molecule has 3 aliphatic heterocycles. The van der Waals surface area contributed by atoms with Crippen molar-refractivity contribution in [3.8, 4) is 0 Å². The third-order valence-electron chi connectivity index (χ3n) is 5.52. The average Bonchev–Trinajstić information content (AvgIpc) is 3.23. The van der Waals surface area contributed by atoms with Crippen molar-refractivity contribution in [2.75, 3.05) is 16.8 Å². The SMILES string of the molecule is O=C1[C@@H]2[C@@H](CN[C@]23C(=O)Nc2ccccc23)C(=O)N1c1cccc(Cl)c1. The van der Waals surface area contributed by atoms with Gasteiger partial charge >= 0.3 is 0 Å². The highest BCUT2D eigenvalue weighted by molar-refractivity contribution is 6.31. The van der Waals surface area contributed by atoms with Gasteiger partial charge in [-0.1, -0.05) is 35.9 Å². The van der Waals surface area contributed by atoms with E-state index >= 15 is 0 Å². The largest absolute Gasteiger partial charge is 0.324 e. The van der Waals surface area contributed by atoms with E-state index in [1.807, 2.05) is 18.2 Å². The summed E-state index contributed by atoms with van der Waals surface area (Å²) in [5.74, 6) is -2.33. The number of nitrogens with one attached hydrogen (secondary N) is 2. The summed E-state index contributed by atoms with van der Waals surface area (Å²) in [6.45, 7) is 0.272. The van der Waals surface area contributed by atoms with Crippen LogP contribution in [0.5, 0.6) is 0 Å². The molecule has 3 aliphatic rings. The van der Waals surface area contributed by atoms with E-state index < -0.39 is 17.4 Å². The second kappa shape index (κ2) is 5.16. The number of anilines is 2. The van der Waals surface area contributed by atoms with Gasteiger partial charge in [0.1, 0.15) is 5.54 Å². The summed E-state index contributed by atoms with van der Waals surface area (Å²) in [5.41, 5.74) is 0.615. The third kappa shape index (κ3) is 1.78. The van der Waals surface area contributed by atoms with E-state index in [1.54, 1.807) is 30.3 Å². The lowest BCUT2D eigenvalue weighted by atomic mass is 9.77. The standard InChI is InChI=1S/C19H14ClN3O3/c20-10-4-3-5-11(8-10)23-16(24)12-9-21-19(15(12)17(23)25)13-6-1-2-7-14(13)22-18(19)26/h1-8,12,15,21H,9H2,(H,22,26)/t12-,15+,19+/m1/s1. The molecule has 26 heavy (non-hydrogen) atoms. The fraction of sp³-hybridized carbons (Fsp3) is 0.211. The van der Waals surface area contributed by atoms with Gasteiger partial charge in [0.2, 0.25) is 17.7 Å². The molecular weight excluding hydrogens is 354 g/mol. The van der Waals surface area contributed by atoms with Crippen LogP contribution in [0.4, 0.5) is 11.4 Å². The van der Waals surface area contributed by atoms with Crippen molar-refractivity contribution in [1.82, 2.24) is 5.32 Å². The summed E-state index contributed by atoms with van der Waals surface area (Å²) in [6.07, 6.45) is 0. The minimum atomic E-state index is -1.21. The molecule has 0 aliphatic carbocycles. The molecule has 2 N–H and O–H groups in total. The number of rotatable bonds is 1. The highest BCUT2D eigenvalue weighted by Gasteiger charge is 2.67. The van der Waals surface area contributed by atoms with Gasteiger partial charge in [-0.25, -0.2) is 4.90 Å². The van der Waals surface area contributed by atoms with Gasteiger partial charge in [0.15, 0.2) is 0 Å². The summed E-state index contributed by atoms with van der Waals surface area (Å²) in [6, 6.07) is 13.9. The van der Waals surface area contributed by atoms with Gasteiger partial charge in [0, 0.05) is 22.8 Å². The van der Waals surface area contributed by atoms with E-state index in [2.05, 4.69) is 10.6 Å². The van der Waals surface area contributed by atoms with Crippen molar-refractivity contribution in [3.05, 3.63) is 59.1 Å². The Morgan fingerprint density at radius 3 is 2.65 bits per heavy atom. The number of imide groups is 1. The van der Waals surface area contributed by atoms with Crippen molar-refractivity contribution >= 4 is 40.7 Å². The van der Waals surface area contributed by atoms with Gasteiger partial charge in [-0.15, -0.1) is 0 Å². The van der Waals surface area contributed by atoms with Crippen LogP contribution < -0.4 is 15.5 Å².